The van der Waals surface area contributed by atoms with Crippen molar-refractivity contribution in [3.63, 3.8) is 0 Å². The van der Waals surface area contributed by atoms with Gasteiger partial charge in [-0.15, -0.1) is 0 Å². The Labute approximate surface area is 185 Å². The second-order valence-corrected chi connectivity index (χ2v) is 7.11. The first-order chi connectivity index (χ1) is 15.6. The first-order valence-electron chi connectivity index (χ1n) is 9.94. The first kappa shape index (κ1) is 20.8. The van der Waals surface area contributed by atoms with Crippen LogP contribution in [0.3, 0.4) is 0 Å². The van der Waals surface area contributed by atoms with E-state index in [1.165, 1.54) is 7.11 Å². The van der Waals surface area contributed by atoms with E-state index >= 15 is 0 Å². The summed E-state index contributed by atoms with van der Waals surface area (Å²) in [5.41, 5.74) is 2.58. The molecule has 7 nitrogen and oxygen atoms in total. The van der Waals surface area contributed by atoms with Crippen molar-refractivity contribution in [2.45, 2.75) is 12.8 Å². The molecular formula is C25H20N4O3. The fourth-order valence-electron chi connectivity index (χ4n) is 3.28. The number of nitrogens with zero attached hydrogens (tertiary/aromatic N) is 3. The van der Waals surface area contributed by atoms with E-state index in [0.717, 1.165) is 5.56 Å². The zero-order valence-corrected chi connectivity index (χ0v) is 17.6. The van der Waals surface area contributed by atoms with Gasteiger partial charge in [0.2, 0.25) is 5.91 Å². The number of nitrogens with one attached hydrogen (secondary N) is 1. The van der Waals surface area contributed by atoms with Crippen LogP contribution in [-0.2, 0) is 4.79 Å². The number of hydrogen-bond donors (Lipinski definition) is 1. The Morgan fingerprint density at radius 3 is 2.59 bits per heavy atom. The molecule has 0 aliphatic rings. The van der Waals surface area contributed by atoms with Crippen LogP contribution in [0, 0.1) is 11.3 Å². The van der Waals surface area contributed by atoms with Gasteiger partial charge in [0.1, 0.15) is 23.3 Å². The molecule has 0 aliphatic carbocycles. The van der Waals surface area contributed by atoms with E-state index in [2.05, 4.69) is 21.4 Å². The molecule has 0 fully saturated rings. The van der Waals surface area contributed by atoms with E-state index in [0.29, 0.717) is 39.4 Å². The molecule has 2 aromatic heterocycles. The number of hydrogen-bond acceptors (Lipinski definition) is 6. The number of carbonyl (C=O) groups excluding carboxylic acids is 1. The minimum Gasteiger partial charge on any atom is -0.495 e. The Morgan fingerprint density at radius 1 is 1.09 bits per heavy atom. The third-order valence-electron chi connectivity index (χ3n) is 5.07. The summed E-state index contributed by atoms with van der Waals surface area (Å²) in [4.78, 5) is 20.9. The maximum absolute atomic E-state index is 12.5. The summed E-state index contributed by atoms with van der Waals surface area (Å²) in [5.74, 6) is 1.17. The second kappa shape index (κ2) is 9.14. The molecule has 1 atom stereocenters. The molecule has 1 amide bonds. The predicted molar refractivity (Wildman–Crippen MR) is 121 cm³/mol. The van der Waals surface area contributed by atoms with Crippen molar-refractivity contribution < 1.29 is 14.3 Å². The average Bonchev–Trinajstić information content (AvgIpc) is 2.84. The van der Waals surface area contributed by atoms with Crippen LogP contribution in [0.5, 0.6) is 17.2 Å². The SMILES string of the molecule is COc1cc2nccc(Oc3ccc(C(C)C(=O)Nc4cccnc4)cc3)c2cc1C#N. The van der Waals surface area contributed by atoms with Gasteiger partial charge in [0, 0.05) is 23.8 Å². The number of amides is 1. The van der Waals surface area contributed by atoms with Gasteiger partial charge < -0.3 is 14.8 Å². The molecule has 0 spiro atoms. The zero-order chi connectivity index (χ0) is 22.5. The Hall–Kier alpha value is -4.44. The van der Waals surface area contributed by atoms with Crippen LogP contribution in [0.15, 0.2) is 73.2 Å². The van der Waals surface area contributed by atoms with Crippen LogP contribution >= 0.6 is 0 Å². The number of nitriles is 1. The number of aromatic nitrogens is 2. The van der Waals surface area contributed by atoms with Gasteiger partial charge in [0.25, 0.3) is 0 Å². The van der Waals surface area contributed by atoms with Crippen molar-refractivity contribution in [2.75, 3.05) is 12.4 Å². The summed E-state index contributed by atoms with van der Waals surface area (Å²) in [5, 5.41) is 12.9. The second-order valence-electron chi connectivity index (χ2n) is 7.11. The highest BCUT2D eigenvalue weighted by Gasteiger charge is 2.16. The Balaban J connectivity index is 1.53. The van der Waals surface area contributed by atoms with Crippen LogP contribution in [0.4, 0.5) is 5.69 Å². The summed E-state index contributed by atoms with van der Waals surface area (Å²) in [7, 11) is 1.52. The number of methoxy groups -OCH3 is 1. The van der Waals surface area contributed by atoms with Crippen molar-refractivity contribution in [3.05, 3.63) is 84.3 Å². The Morgan fingerprint density at radius 2 is 1.91 bits per heavy atom. The van der Waals surface area contributed by atoms with Gasteiger partial charge >= 0.3 is 0 Å². The maximum atomic E-state index is 12.5. The third kappa shape index (κ3) is 4.35. The molecular weight excluding hydrogens is 404 g/mol. The molecule has 2 aromatic carbocycles. The predicted octanol–water partition coefficient (Wildman–Crippen LogP) is 5.04. The Bertz CT molecular complexity index is 1300. The number of carbonyl (C=O) groups is 1. The van der Waals surface area contributed by atoms with E-state index in [9.17, 15) is 10.1 Å². The number of fused-ring (bicyclic) bond motifs is 1. The highest BCUT2D eigenvalue weighted by atomic mass is 16.5. The molecule has 1 unspecified atom stereocenters. The fraction of sp³-hybridized carbons (Fsp3) is 0.120. The van der Waals surface area contributed by atoms with Crippen molar-refractivity contribution in [1.82, 2.24) is 9.97 Å². The summed E-state index contributed by atoms with van der Waals surface area (Å²) < 4.78 is 11.3. The van der Waals surface area contributed by atoms with Gasteiger partial charge in [-0.1, -0.05) is 12.1 Å². The van der Waals surface area contributed by atoms with E-state index in [4.69, 9.17) is 9.47 Å². The highest BCUT2D eigenvalue weighted by molar-refractivity contribution is 5.95. The molecule has 1 N–H and O–H groups in total. The van der Waals surface area contributed by atoms with Gasteiger partial charge in [-0.3, -0.25) is 14.8 Å². The molecule has 0 saturated heterocycles. The van der Waals surface area contributed by atoms with Gasteiger partial charge in [-0.25, -0.2) is 0 Å². The normalized spacial score (nSPS) is 11.4. The molecule has 4 rings (SSSR count). The van der Waals surface area contributed by atoms with Gasteiger partial charge in [-0.05, 0) is 48.9 Å². The lowest BCUT2D eigenvalue weighted by Crippen LogP contribution is -2.18. The lowest BCUT2D eigenvalue weighted by molar-refractivity contribution is -0.117. The van der Waals surface area contributed by atoms with Crippen LogP contribution in [0.2, 0.25) is 0 Å². The number of benzene rings is 2. The van der Waals surface area contributed by atoms with Crippen molar-refractivity contribution in [2.24, 2.45) is 0 Å². The van der Waals surface area contributed by atoms with Gasteiger partial charge in [0.05, 0.1) is 36.0 Å². The maximum Gasteiger partial charge on any atom is 0.231 e. The molecule has 0 radical (unpaired) electrons. The molecule has 0 bridgehead atoms. The van der Waals surface area contributed by atoms with E-state index < -0.39 is 0 Å². The monoisotopic (exact) mass is 424 g/mol. The summed E-state index contributed by atoms with van der Waals surface area (Å²) in [6.07, 6.45) is 4.90. The van der Waals surface area contributed by atoms with E-state index in [1.54, 1.807) is 48.9 Å². The van der Waals surface area contributed by atoms with Crippen LogP contribution < -0.4 is 14.8 Å². The van der Waals surface area contributed by atoms with Crippen molar-refractivity contribution in [1.29, 1.82) is 5.26 Å². The largest absolute Gasteiger partial charge is 0.495 e. The summed E-state index contributed by atoms with van der Waals surface area (Å²) in [6, 6.07) is 18.2. The van der Waals surface area contributed by atoms with Crippen molar-refractivity contribution in [3.8, 4) is 23.3 Å². The minimum absolute atomic E-state index is 0.121. The molecule has 7 heteroatoms. The molecule has 0 saturated carbocycles. The van der Waals surface area contributed by atoms with Crippen molar-refractivity contribution >= 4 is 22.5 Å². The highest BCUT2D eigenvalue weighted by Crippen LogP contribution is 2.33. The minimum atomic E-state index is -0.350. The van der Waals surface area contributed by atoms with E-state index in [1.807, 2.05) is 31.2 Å². The number of pyridine rings is 2. The van der Waals surface area contributed by atoms with Crippen LogP contribution in [0.1, 0.15) is 24.0 Å². The molecule has 2 heterocycles. The lowest BCUT2D eigenvalue weighted by atomic mass is 10.0. The molecule has 0 aliphatic heterocycles. The summed E-state index contributed by atoms with van der Waals surface area (Å²) in [6.45, 7) is 1.84. The number of anilines is 1. The number of rotatable bonds is 6. The molecule has 158 valence electrons. The van der Waals surface area contributed by atoms with Gasteiger partial charge in [0.15, 0.2) is 0 Å². The van der Waals surface area contributed by atoms with Gasteiger partial charge in [-0.2, -0.15) is 5.26 Å². The van der Waals surface area contributed by atoms with Crippen LogP contribution in [-0.4, -0.2) is 23.0 Å². The van der Waals surface area contributed by atoms with Crippen LogP contribution in [0.25, 0.3) is 10.9 Å². The third-order valence-corrected chi connectivity index (χ3v) is 5.07. The van der Waals surface area contributed by atoms with E-state index in [-0.39, 0.29) is 11.8 Å². The first-order valence-corrected chi connectivity index (χ1v) is 9.94. The Kier molecular flexibility index (Phi) is 5.95. The number of ether oxygens (including phenoxy) is 2. The average molecular weight is 424 g/mol. The lowest BCUT2D eigenvalue weighted by Gasteiger charge is -2.14. The smallest absolute Gasteiger partial charge is 0.231 e. The topological polar surface area (TPSA) is 97.1 Å². The summed E-state index contributed by atoms with van der Waals surface area (Å²) >= 11 is 0. The zero-order valence-electron chi connectivity index (χ0n) is 17.6. The fourth-order valence-corrected chi connectivity index (χ4v) is 3.28. The standard InChI is InChI=1S/C25H20N4O3/c1-16(25(30)29-19-4-3-10-27-15-19)17-5-7-20(8-6-17)32-23-9-11-28-22-13-24(31-2)18(14-26)12-21(22)23/h3-13,15-16H,1-2H3,(H,29,30). The molecule has 4 aromatic rings. The molecule has 32 heavy (non-hydrogen) atoms. The quantitative estimate of drug-likeness (QED) is 0.465.